The molecule has 0 saturated heterocycles. The topological polar surface area (TPSA) is 68.1 Å². The number of benzene rings is 2. The van der Waals surface area contributed by atoms with Gasteiger partial charge in [-0.1, -0.05) is 36.4 Å². The van der Waals surface area contributed by atoms with Gasteiger partial charge in [0.1, 0.15) is 0 Å². The van der Waals surface area contributed by atoms with Crippen LogP contribution in [-0.2, 0) is 30.7 Å². The van der Waals surface area contributed by atoms with Crippen LogP contribution in [0.2, 0.25) is 0 Å². The van der Waals surface area contributed by atoms with E-state index in [9.17, 15) is 9.59 Å². The summed E-state index contributed by atoms with van der Waals surface area (Å²) in [4.78, 5) is 31.7. The van der Waals surface area contributed by atoms with Crippen LogP contribution in [0.4, 0.5) is 0 Å². The summed E-state index contributed by atoms with van der Waals surface area (Å²) in [5.74, 6) is 0.126. The van der Waals surface area contributed by atoms with Gasteiger partial charge in [-0.3, -0.25) is 14.6 Å². The average Bonchev–Trinajstić information content (AvgIpc) is 3.46. The Hall–Kier alpha value is -4.06. The second-order valence-electron chi connectivity index (χ2n) is 8.44. The Labute approximate surface area is 192 Å². The summed E-state index contributed by atoms with van der Waals surface area (Å²) in [5.41, 5.74) is 6.53. The van der Waals surface area contributed by atoms with E-state index in [1.807, 2.05) is 66.6 Å². The third-order valence-electron chi connectivity index (χ3n) is 5.94. The van der Waals surface area contributed by atoms with E-state index in [0.717, 1.165) is 22.5 Å². The summed E-state index contributed by atoms with van der Waals surface area (Å²) in [7, 11) is 0. The van der Waals surface area contributed by atoms with Crippen molar-refractivity contribution in [3.05, 3.63) is 113 Å². The maximum absolute atomic E-state index is 12.8. The van der Waals surface area contributed by atoms with Gasteiger partial charge in [0.2, 0.25) is 5.91 Å². The minimum Gasteiger partial charge on any atom is -0.334 e. The van der Waals surface area contributed by atoms with Crippen molar-refractivity contribution < 1.29 is 9.59 Å². The first-order valence-corrected chi connectivity index (χ1v) is 11.0. The van der Waals surface area contributed by atoms with Crippen LogP contribution in [0.15, 0.2) is 79.3 Å². The van der Waals surface area contributed by atoms with Gasteiger partial charge in [0, 0.05) is 43.2 Å². The number of fused-ring (bicyclic) bond motifs is 1. The fourth-order valence-corrected chi connectivity index (χ4v) is 4.21. The number of hydrogen-bond acceptors (Lipinski definition) is 4. The Morgan fingerprint density at radius 1 is 0.909 bits per heavy atom. The number of Topliss-reactive ketones (excluding diaryl/α,β-unsaturated/α-hetero) is 1. The zero-order valence-corrected chi connectivity index (χ0v) is 18.4. The van der Waals surface area contributed by atoms with Gasteiger partial charge in [0.15, 0.2) is 5.78 Å². The zero-order valence-electron chi connectivity index (χ0n) is 18.4. The molecule has 1 amide bonds. The second-order valence-corrected chi connectivity index (χ2v) is 8.44. The van der Waals surface area contributed by atoms with E-state index >= 15 is 0 Å². The molecule has 5 rings (SSSR count). The molecule has 4 aromatic rings. The fourth-order valence-electron chi connectivity index (χ4n) is 4.21. The first-order valence-electron chi connectivity index (χ1n) is 11.0. The Balaban J connectivity index is 1.26. The van der Waals surface area contributed by atoms with Crippen molar-refractivity contribution >= 4 is 11.7 Å². The summed E-state index contributed by atoms with van der Waals surface area (Å²) < 4.78 is 1.72. The van der Waals surface area contributed by atoms with Crippen molar-refractivity contribution in [1.29, 1.82) is 0 Å². The number of rotatable bonds is 6. The van der Waals surface area contributed by atoms with Crippen molar-refractivity contribution in [2.75, 3.05) is 0 Å². The Bertz CT molecular complexity index is 1320. The SMILES string of the molecule is Cc1cc(CC(=O)c2cccc(-n3cc(CC(=O)N4Cc5ccccc5C4)cn3)c2)ccn1. The fraction of sp³-hybridized carbons (Fsp3) is 0.185. The molecule has 6 heteroatoms. The van der Waals surface area contributed by atoms with E-state index < -0.39 is 0 Å². The summed E-state index contributed by atoms with van der Waals surface area (Å²) in [6.07, 6.45) is 5.92. The highest BCUT2D eigenvalue weighted by Gasteiger charge is 2.23. The predicted molar refractivity (Wildman–Crippen MR) is 125 cm³/mol. The molecule has 2 aromatic carbocycles. The van der Waals surface area contributed by atoms with Crippen LogP contribution < -0.4 is 0 Å². The van der Waals surface area contributed by atoms with E-state index in [1.54, 1.807) is 17.1 Å². The molecule has 0 unspecified atom stereocenters. The molecule has 0 atom stereocenters. The van der Waals surface area contributed by atoms with Crippen molar-refractivity contribution in [3.8, 4) is 5.69 Å². The molecule has 1 aliphatic rings. The quantitative estimate of drug-likeness (QED) is 0.427. The molecule has 0 saturated carbocycles. The van der Waals surface area contributed by atoms with Gasteiger partial charge in [0.05, 0.1) is 18.3 Å². The molecule has 0 fully saturated rings. The van der Waals surface area contributed by atoms with E-state index in [-0.39, 0.29) is 11.7 Å². The maximum atomic E-state index is 12.8. The van der Waals surface area contributed by atoms with Crippen LogP contribution in [-0.4, -0.2) is 31.4 Å². The lowest BCUT2D eigenvalue weighted by Gasteiger charge is -2.14. The number of aromatic nitrogens is 3. The smallest absolute Gasteiger partial charge is 0.227 e. The molecule has 1 aliphatic heterocycles. The highest BCUT2D eigenvalue weighted by molar-refractivity contribution is 5.98. The van der Waals surface area contributed by atoms with Gasteiger partial charge in [-0.2, -0.15) is 5.10 Å². The molecule has 33 heavy (non-hydrogen) atoms. The molecule has 164 valence electrons. The van der Waals surface area contributed by atoms with E-state index in [2.05, 4.69) is 22.2 Å². The molecular weight excluding hydrogens is 412 g/mol. The number of aryl methyl sites for hydroxylation is 1. The third-order valence-corrected chi connectivity index (χ3v) is 5.94. The van der Waals surface area contributed by atoms with E-state index in [0.29, 0.717) is 31.5 Å². The summed E-state index contributed by atoms with van der Waals surface area (Å²) in [6, 6.07) is 19.4. The maximum Gasteiger partial charge on any atom is 0.227 e. The molecule has 6 nitrogen and oxygen atoms in total. The van der Waals surface area contributed by atoms with Gasteiger partial charge in [-0.25, -0.2) is 4.68 Å². The van der Waals surface area contributed by atoms with Gasteiger partial charge in [-0.05, 0) is 53.4 Å². The molecule has 0 aliphatic carbocycles. The first-order chi connectivity index (χ1) is 16.0. The summed E-state index contributed by atoms with van der Waals surface area (Å²) in [6.45, 7) is 3.23. The van der Waals surface area contributed by atoms with Gasteiger partial charge >= 0.3 is 0 Å². The minimum absolute atomic E-state index is 0.0404. The highest BCUT2D eigenvalue weighted by atomic mass is 16.2. The van der Waals surface area contributed by atoms with Gasteiger partial charge in [0.25, 0.3) is 0 Å². The number of amides is 1. The lowest BCUT2D eigenvalue weighted by Crippen LogP contribution is -2.26. The standard InChI is InChI=1S/C27H24N4O2/c1-19-11-20(9-10-28-19)12-26(32)22-7-4-8-25(14-22)31-16-21(15-29-31)13-27(33)30-17-23-5-2-3-6-24(23)18-30/h2-11,14-16H,12-13,17-18H2,1H3. The molecule has 0 spiro atoms. The molecule has 0 radical (unpaired) electrons. The number of ketones is 1. The lowest BCUT2D eigenvalue weighted by molar-refractivity contribution is -0.131. The Morgan fingerprint density at radius 2 is 1.70 bits per heavy atom. The third kappa shape index (κ3) is 4.60. The van der Waals surface area contributed by atoms with E-state index in [4.69, 9.17) is 0 Å². The average molecular weight is 437 g/mol. The zero-order chi connectivity index (χ0) is 22.8. The molecular formula is C27H24N4O2. The van der Waals surface area contributed by atoms with Gasteiger partial charge < -0.3 is 4.90 Å². The second kappa shape index (κ2) is 8.82. The number of pyridine rings is 1. The van der Waals surface area contributed by atoms with Crippen LogP contribution in [0.25, 0.3) is 5.69 Å². The van der Waals surface area contributed by atoms with Crippen LogP contribution in [0.5, 0.6) is 0 Å². The molecule has 3 heterocycles. The molecule has 0 bridgehead atoms. The molecule has 0 N–H and O–H groups in total. The largest absolute Gasteiger partial charge is 0.334 e. The van der Waals surface area contributed by atoms with Crippen molar-refractivity contribution in [2.45, 2.75) is 32.9 Å². The summed E-state index contributed by atoms with van der Waals surface area (Å²) >= 11 is 0. The monoisotopic (exact) mass is 436 g/mol. The van der Waals surface area contributed by atoms with Crippen LogP contribution in [0.1, 0.15) is 38.3 Å². The number of carbonyl (C=O) groups is 2. The van der Waals surface area contributed by atoms with E-state index in [1.165, 1.54) is 11.1 Å². The number of nitrogens with zero attached hydrogens (tertiary/aromatic N) is 4. The minimum atomic E-state index is 0.0404. The van der Waals surface area contributed by atoms with Crippen molar-refractivity contribution in [2.24, 2.45) is 0 Å². The normalized spacial score (nSPS) is 12.6. The highest BCUT2D eigenvalue weighted by Crippen LogP contribution is 2.23. The number of hydrogen-bond donors (Lipinski definition) is 0. The van der Waals surface area contributed by atoms with Crippen molar-refractivity contribution in [1.82, 2.24) is 19.7 Å². The van der Waals surface area contributed by atoms with Crippen LogP contribution in [0, 0.1) is 6.92 Å². The molecule has 2 aromatic heterocycles. The van der Waals surface area contributed by atoms with Crippen LogP contribution in [0.3, 0.4) is 0 Å². The van der Waals surface area contributed by atoms with Gasteiger partial charge in [-0.15, -0.1) is 0 Å². The Morgan fingerprint density at radius 3 is 2.45 bits per heavy atom. The summed E-state index contributed by atoms with van der Waals surface area (Å²) in [5, 5.41) is 4.43. The number of carbonyl (C=O) groups excluding carboxylic acids is 2. The Kier molecular flexibility index (Phi) is 5.57. The lowest BCUT2D eigenvalue weighted by atomic mass is 10.0. The first kappa shape index (κ1) is 20.8. The predicted octanol–water partition coefficient (Wildman–Crippen LogP) is 4.09. The van der Waals surface area contributed by atoms with Crippen molar-refractivity contribution in [3.63, 3.8) is 0 Å². The van der Waals surface area contributed by atoms with Crippen LogP contribution >= 0.6 is 0 Å².